The second kappa shape index (κ2) is 11.0. The number of hydrogen-bond donors (Lipinski definition) is 3. The zero-order valence-corrected chi connectivity index (χ0v) is 23.1. The van der Waals surface area contributed by atoms with E-state index in [1.165, 1.54) is 12.1 Å². The van der Waals surface area contributed by atoms with Crippen LogP contribution in [-0.2, 0) is 21.3 Å². The van der Waals surface area contributed by atoms with Crippen molar-refractivity contribution < 1.29 is 35.6 Å². The number of amides is 1. The van der Waals surface area contributed by atoms with E-state index in [0.717, 1.165) is 50.3 Å². The molecule has 2 aliphatic rings. The van der Waals surface area contributed by atoms with E-state index in [9.17, 15) is 17.6 Å². The van der Waals surface area contributed by atoms with Gasteiger partial charge in [0.05, 0.1) is 24.0 Å². The number of hydroxylamine groups is 1. The molecule has 3 aromatic rings. The van der Waals surface area contributed by atoms with E-state index in [2.05, 4.69) is 19.9 Å². The van der Waals surface area contributed by atoms with E-state index in [1.807, 2.05) is 5.48 Å². The number of anilines is 2. The maximum absolute atomic E-state index is 15.5. The minimum Gasteiger partial charge on any atom is -0.350 e. The maximum atomic E-state index is 15.5. The van der Waals surface area contributed by atoms with Gasteiger partial charge in [0.2, 0.25) is 5.03 Å². The van der Waals surface area contributed by atoms with Crippen molar-refractivity contribution in [3.05, 3.63) is 82.1 Å². The normalized spacial score (nSPS) is 16.2. The summed E-state index contributed by atoms with van der Waals surface area (Å²) in [7, 11) is -3.22. The Balaban J connectivity index is 1.50. The molecule has 2 saturated carbocycles. The Morgan fingerprint density at radius 2 is 1.78 bits per heavy atom. The van der Waals surface area contributed by atoms with Crippen molar-refractivity contribution in [1.82, 2.24) is 15.2 Å². The highest BCUT2D eigenvalue weighted by Crippen LogP contribution is 2.41. The van der Waals surface area contributed by atoms with Crippen molar-refractivity contribution in [3.63, 3.8) is 0 Å². The molecular weight excluding hydrogens is 564 g/mol. The number of hydrogen-bond acceptors (Lipinski definition) is 6. The summed E-state index contributed by atoms with van der Waals surface area (Å²) in [4.78, 5) is 21.1. The minimum atomic E-state index is -4.35. The van der Waals surface area contributed by atoms with E-state index in [-0.39, 0.29) is 17.2 Å². The molecule has 2 aromatic carbocycles. The van der Waals surface area contributed by atoms with E-state index in [1.54, 1.807) is 13.0 Å². The van der Waals surface area contributed by atoms with Gasteiger partial charge in [0.1, 0.15) is 5.82 Å². The van der Waals surface area contributed by atoms with Gasteiger partial charge in [-0.3, -0.25) is 9.63 Å². The summed E-state index contributed by atoms with van der Waals surface area (Å²) < 4.78 is 89.2. The Morgan fingerprint density at radius 1 is 1.05 bits per heavy atom. The van der Waals surface area contributed by atoms with E-state index in [0.29, 0.717) is 12.8 Å². The van der Waals surface area contributed by atoms with Crippen molar-refractivity contribution >= 4 is 27.3 Å². The number of nitrogens with zero attached hydrogens (tertiary/aromatic N) is 1. The van der Waals surface area contributed by atoms with Crippen LogP contribution in [-0.4, -0.2) is 32.0 Å². The fraction of sp³-hybridized carbons (Fsp3) is 0.357. The number of aromatic nitrogens is 1. The third-order valence-electron chi connectivity index (χ3n) is 7.43. The average molecular weight is 593 g/mol. The molecule has 0 atom stereocenters. The van der Waals surface area contributed by atoms with Gasteiger partial charge in [-0.15, -0.1) is 0 Å². The first kappa shape index (κ1) is 29.0. The van der Waals surface area contributed by atoms with Crippen molar-refractivity contribution in [2.24, 2.45) is 0 Å². The van der Waals surface area contributed by atoms with Gasteiger partial charge in [-0.05, 0) is 85.9 Å². The number of halogens is 4. The van der Waals surface area contributed by atoms with Crippen LogP contribution in [0.5, 0.6) is 0 Å². The topological polar surface area (TPSA) is 109 Å². The Morgan fingerprint density at radius 3 is 2.39 bits per heavy atom. The number of carbonyl (C=O) groups excluding carboxylic acids is 1. The smallest absolute Gasteiger partial charge is 0.277 e. The molecule has 41 heavy (non-hydrogen) atoms. The van der Waals surface area contributed by atoms with Crippen LogP contribution in [0.2, 0.25) is 0 Å². The molecule has 1 amide bonds. The van der Waals surface area contributed by atoms with Crippen LogP contribution in [0.15, 0.2) is 41.6 Å². The fourth-order valence-corrected chi connectivity index (χ4v) is 6.38. The summed E-state index contributed by atoms with van der Waals surface area (Å²) in [6, 6.07) is 6.44. The van der Waals surface area contributed by atoms with E-state index < -0.39 is 73.0 Å². The van der Waals surface area contributed by atoms with Crippen LogP contribution in [0.25, 0.3) is 0 Å². The van der Waals surface area contributed by atoms with Gasteiger partial charge in [0.25, 0.3) is 15.9 Å². The molecule has 0 aliphatic heterocycles. The third-order valence-corrected chi connectivity index (χ3v) is 8.99. The summed E-state index contributed by atoms with van der Waals surface area (Å²) in [5.41, 5.74) is 0.0355. The summed E-state index contributed by atoms with van der Waals surface area (Å²) in [5, 5.41) is 1.59. The quantitative estimate of drug-likeness (QED) is 0.216. The summed E-state index contributed by atoms with van der Waals surface area (Å²) in [5.74, 6) is -5.62. The van der Waals surface area contributed by atoms with Gasteiger partial charge >= 0.3 is 0 Å². The highest BCUT2D eigenvalue weighted by atomic mass is 32.2. The van der Waals surface area contributed by atoms with Crippen LogP contribution in [0.3, 0.4) is 0 Å². The lowest BCUT2D eigenvalue weighted by atomic mass is 9.80. The largest absolute Gasteiger partial charge is 0.350 e. The van der Waals surface area contributed by atoms with E-state index in [4.69, 9.17) is 0 Å². The van der Waals surface area contributed by atoms with Crippen LogP contribution in [0.1, 0.15) is 72.0 Å². The molecule has 1 heterocycles. The standard InChI is InChI=1S/C28H28F4N4O4S/c1-28(9-3-10-28)36-41(38,39)27-23(31)17(8-11-33-27)12-18-13-19(26(37)35-40-2)25(24(32)22(18)30)34-21-7-6-16(14-20(21)29)15-4-5-15/h6-8,11,13-15,34,36H,3-5,9-10,12H2,1-2H3,(H,35,37). The second-order valence-electron chi connectivity index (χ2n) is 10.6. The van der Waals surface area contributed by atoms with Gasteiger partial charge in [-0.1, -0.05) is 6.07 Å². The molecule has 0 saturated heterocycles. The number of nitrogens with one attached hydrogen (secondary N) is 3. The van der Waals surface area contributed by atoms with Gasteiger partial charge in [0, 0.05) is 18.2 Å². The van der Waals surface area contributed by atoms with Crippen molar-refractivity contribution in [1.29, 1.82) is 0 Å². The second-order valence-corrected chi connectivity index (χ2v) is 12.2. The molecule has 5 rings (SSSR count). The minimum absolute atomic E-state index is 0.186. The predicted molar refractivity (Wildman–Crippen MR) is 142 cm³/mol. The number of sulfonamides is 1. The molecule has 13 heteroatoms. The first-order chi connectivity index (χ1) is 19.4. The van der Waals surface area contributed by atoms with Crippen LogP contribution < -0.4 is 15.5 Å². The number of pyridine rings is 1. The molecule has 0 bridgehead atoms. The molecule has 0 spiro atoms. The predicted octanol–water partition coefficient (Wildman–Crippen LogP) is 5.36. The first-order valence-corrected chi connectivity index (χ1v) is 14.5. The number of carbonyl (C=O) groups is 1. The highest BCUT2D eigenvalue weighted by molar-refractivity contribution is 7.89. The number of rotatable bonds is 10. The van der Waals surface area contributed by atoms with Gasteiger partial charge < -0.3 is 5.32 Å². The molecule has 1 aromatic heterocycles. The van der Waals surface area contributed by atoms with Gasteiger partial charge in [-0.2, -0.15) is 0 Å². The van der Waals surface area contributed by atoms with Gasteiger partial charge in [-0.25, -0.2) is 41.2 Å². The highest BCUT2D eigenvalue weighted by Gasteiger charge is 2.38. The fourth-order valence-electron chi connectivity index (χ4n) is 4.87. The molecule has 8 nitrogen and oxygen atoms in total. The zero-order chi connectivity index (χ0) is 29.5. The molecule has 0 unspecified atom stereocenters. The molecule has 2 aliphatic carbocycles. The Bertz CT molecular complexity index is 1630. The van der Waals surface area contributed by atoms with Crippen LogP contribution >= 0.6 is 0 Å². The lowest BCUT2D eigenvalue weighted by molar-refractivity contribution is 0.0538. The molecule has 0 radical (unpaired) electrons. The zero-order valence-electron chi connectivity index (χ0n) is 22.3. The van der Waals surface area contributed by atoms with Crippen molar-refractivity contribution in [2.75, 3.05) is 12.4 Å². The van der Waals surface area contributed by atoms with E-state index >= 15 is 13.2 Å². The van der Waals surface area contributed by atoms with Crippen molar-refractivity contribution in [2.45, 2.75) is 61.9 Å². The average Bonchev–Trinajstić information content (AvgIpc) is 3.75. The lowest BCUT2D eigenvalue weighted by Gasteiger charge is -2.38. The van der Waals surface area contributed by atoms with Crippen molar-refractivity contribution in [3.8, 4) is 0 Å². The van der Waals surface area contributed by atoms with Crippen LogP contribution in [0, 0.1) is 23.3 Å². The Hall–Kier alpha value is -3.55. The number of benzene rings is 2. The SMILES string of the molecule is CONC(=O)c1cc(Cc2ccnc(S(=O)(=O)NC3(C)CCC3)c2F)c(F)c(F)c1Nc1ccc(C2CC2)cc1F. The molecule has 3 N–H and O–H groups in total. The first-order valence-electron chi connectivity index (χ1n) is 13.0. The Labute approximate surface area is 234 Å². The summed E-state index contributed by atoms with van der Waals surface area (Å²) in [6.07, 6.45) is 4.30. The lowest BCUT2D eigenvalue weighted by Crippen LogP contribution is -2.51. The van der Waals surface area contributed by atoms with Gasteiger partial charge in [0.15, 0.2) is 17.5 Å². The Kier molecular flexibility index (Phi) is 7.79. The van der Waals surface area contributed by atoms with Crippen LogP contribution in [0.4, 0.5) is 28.9 Å². The molecule has 218 valence electrons. The monoisotopic (exact) mass is 592 g/mol. The molecular formula is C28H28F4N4O4S. The third kappa shape index (κ3) is 5.92. The maximum Gasteiger partial charge on any atom is 0.277 e. The molecule has 2 fully saturated rings. The summed E-state index contributed by atoms with van der Waals surface area (Å²) >= 11 is 0. The summed E-state index contributed by atoms with van der Waals surface area (Å²) in [6.45, 7) is 1.70.